The Hall–Kier alpha value is -3.03. The van der Waals surface area contributed by atoms with Crippen molar-refractivity contribution in [1.29, 1.82) is 0 Å². The van der Waals surface area contributed by atoms with Gasteiger partial charge in [0.15, 0.2) is 18.5 Å². The number of hydrogen-bond donors (Lipinski definition) is 4. The lowest BCUT2D eigenvalue weighted by Crippen LogP contribution is -2.46. The largest absolute Gasteiger partial charge is 0.472 e. The Kier molecular flexibility index (Phi) is 7.67. The fourth-order valence-electron chi connectivity index (χ4n) is 3.52. The van der Waals surface area contributed by atoms with Crippen LogP contribution >= 0.6 is 7.82 Å². The first-order valence-electron chi connectivity index (χ1n) is 10.6. The van der Waals surface area contributed by atoms with Gasteiger partial charge in [0, 0.05) is 6.07 Å². The van der Waals surface area contributed by atoms with Crippen LogP contribution in [-0.4, -0.2) is 60.9 Å². The van der Waals surface area contributed by atoms with Crippen LogP contribution in [0.2, 0.25) is 0 Å². The lowest BCUT2D eigenvalue weighted by Gasteiger charge is -2.16. The second-order valence-corrected chi connectivity index (χ2v) is 9.33. The molecule has 0 bridgehead atoms. The molecule has 1 aromatic carbocycles. The van der Waals surface area contributed by atoms with E-state index < -0.39 is 44.9 Å². The summed E-state index contributed by atoms with van der Waals surface area (Å²) in [7, 11) is -4.54. The Morgan fingerprint density at radius 1 is 1.17 bits per heavy atom. The number of pyridine rings is 1. The molecule has 3 aromatic rings. The molecule has 1 fully saturated rings. The fourth-order valence-corrected chi connectivity index (χ4v) is 4.22. The molecule has 0 aliphatic carbocycles. The van der Waals surface area contributed by atoms with Gasteiger partial charge in [-0.25, -0.2) is 9.25 Å². The van der Waals surface area contributed by atoms with Gasteiger partial charge in [0.05, 0.1) is 19.3 Å². The number of hydrogen-bond acceptors (Lipinski definition) is 9. The molecule has 1 unspecified atom stereocenters. The van der Waals surface area contributed by atoms with E-state index in [4.69, 9.17) is 19.5 Å². The number of benzene rings is 1. The topological polar surface area (TPSA) is 183 Å². The number of ether oxygens (including phenoxy) is 1. The van der Waals surface area contributed by atoms with E-state index in [1.54, 1.807) is 10.9 Å². The minimum absolute atomic E-state index is 0.173. The fraction of sp³-hybridized carbons (Fsp3) is 0.333. The maximum atomic E-state index is 12.3. The molecule has 2 aromatic heterocycles. The molecule has 14 heteroatoms. The number of carbonyl (C=O) groups is 1. The van der Waals surface area contributed by atoms with E-state index in [1.807, 2.05) is 30.3 Å². The van der Waals surface area contributed by atoms with Crippen LogP contribution < -0.4 is 10.3 Å². The molecule has 1 saturated heterocycles. The minimum atomic E-state index is -4.54. The quantitative estimate of drug-likeness (QED) is 0.210. The summed E-state index contributed by atoms with van der Waals surface area (Å²) in [5.41, 5.74) is 6.76. The first-order chi connectivity index (χ1) is 16.7. The Balaban J connectivity index is 1.30. The molecular formula is C21H25N5O8P+. The lowest BCUT2D eigenvalue weighted by atomic mass is 10.1. The molecule has 13 nitrogen and oxygen atoms in total. The van der Waals surface area contributed by atoms with Crippen molar-refractivity contribution in [2.24, 2.45) is 5.73 Å². The van der Waals surface area contributed by atoms with Crippen molar-refractivity contribution in [2.45, 2.75) is 37.7 Å². The van der Waals surface area contributed by atoms with Crippen LogP contribution in [0.1, 0.15) is 27.8 Å². The van der Waals surface area contributed by atoms with Crippen molar-refractivity contribution in [1.82, 2.24) is 15.0 Å². The highest BCUT2D eigenvalue weighted by Gasteiger charge is 2.49. The number of amides is 1. The number of phosphoric ester groups is 1. The van der Waals surface area contributed by atoms with Gasteiger partial charge in [0.1, 0.15) is 30.1 Å². The number of primary amides is 1. The zero-order valence-electron chi connectivity index (χ0n) is 18.4. The monoisotopic (exact) mass is 506 g/mol. The summed E-state index contributed by atoms with van der Waals surface area (Å²) in [5.74, 6) is -0.675. The number of aliphatic hydroxyl groups excluding tert-OH is 2. The molecule has 0 spiro atoms. The number of nitrogens with two attached hydrogens (primary N) is 1. The molecule has 1 amide bonds. The number of rotatable bonds is 10. The van der Waals surface area contributed by atoms with Gasteiger partial charge < -0.3 is 25.6 Å². The van der Waals surface area contributed by atoms with E-state index in [0.29, 0.717) is 12.2 Å². The number of aromatic nitrogens is 4. The van der Waals surface area contributed by atoms with Crippen molar-refractivity contribution >= 4 is 13.7 Å². The molecule has 5 atom stereocenters. The van der Waals surface area contributed by atoms with Gasteiger partial charge in [0.25, 0.3) is 12.1 Å². The van der Waals surface area contributed by atoms with E-state index in [2.05, 4.69) is 10.3 Å². The van der Waals surface area contributed by atoms with Crippen LogP contribution in [0.5, 0.6) is 0 Å². The van der Waals surface area contributed by atoms with Gasteiger partial charge in [-0.15, -0.1) is 5.10 Å². The average Bonchev–Trinajstić information content (AvgIpc) is 3.41. The SMILES string of the molecule is NC(=O)c1ccc[n+]([C@@H]2O[C@H](COP(=O)(O)OCc3cn(Cc4ccccc4)nn3)[C@@H](O)[C@H]2O)c1. The molecule has 35 heavy (non-hydrogen) atoms. The van der Waals surface area contributed by atoms with Crippen LogP contribution in [0.3, 0.4) is 0 Å². The second kappa shape index (κ2) is 10.7. The first kappa shape index (κ1) is 25.1. The molecule has 0 saturated carbocycles. The summed E-state index contributed by atoms with van der Waals surface area (Å²) >= 11 is 0. The van der Waals surface area contributed by atoms with Gasteiger partial charge in [0.2, 0.25) is 0 Å². The molecule has 186 valence electrons. The third-order valence-corrected chi connectivity index (χ3v) is 6.22. The highest BCUT2D eigenvalue weighted by atomic mass is 31.2. The predicted octanol–water partition coefficient (Wildman–Crippen LogP) is -0.334. The summed E-state index contributed by atoms with van der Waals surface area (Å²) in [6.45, 7) is -0.404. The third kappa shape index (κ3) is 6.35. The van der Waals surface area contributed by atoms with Crippen molar-refractivity contribution in [3.63, 3.8) is 0 Å². The van der Waals surface area contributed by atoms with Crippen LogP contribution in [0.4, 0.5) is 0 Å². The number of carbonyl (C=O) groups excluding carboxylic acids is 1. The van der Waals surface area contributed by atoms with Crippen LogP contribution in [0.25, 0.3) is 0 Å². The van der Waals surface area contributed by atoms with Crippen molar-refractivity contribution < 1.29 is 42.8 Å². The maximum absolute atomic E-state index is 12.3. The zero-order chi connectivity index (χ0) is 25.0. The predicted molar refractivity (Wildman–Crippen MR) is 117 cm³/mol. The third-order valence-electron chi connectivity index (χ3n) is 5.29. The molecule has 5 N–H and O–H groups in total. The van der Waals surface area contributed by atoms with Gasteiger partial charge >= 0.3 is 7.82 Å². The van der Waals surface area contributed by atoms with Crippen LogP contribution in [0, 0.1) is 0 Å². The minimum Gasteiger partial charge on any atom is -0.387 e. The van der Waals surface area contributed by atoms with Crippen molar-refractivity contribution in [3.8, 4) is 0 Å². The van der Waals surface area contributed by atoms with Gasteiger partial charge in [-0.2, -0.15) is 4.57 Å². The number of nitrogens with zero attached hydrogens (tertiary/aromatic N) is 4. The van der Waals surface area contributed by atoms with E-state index >= 15 is 0 Å². The summed E-state index contributed by atoms with van der Waals surface area (Å²) in [5, 5.41) is 28.5. The Bertz CT molecular complexity index is 1210. The molecule has 0 radical (unpaired) electrons. The van der Waals surface area contributed by atoms with E-state index in [0.717, 1.165) is 5.56 Å². The van der Waals surface area contributed by atoms with Gasteiger partial charge in [-0.05, 0) is 11.6 Å². The van der Waals surface area contributed by atoms with Gasteiger partial charge in [-0.1, -0.05) is 35.5 Å². The Morgan fingerprint density at radius 3 is 2.69 bits per heavy atom. The molecule has 3 heterocycles. The van der Waals surface area contributed by atoms with E-state index in [9.17, 15) is 24.5 Å². The number of aliphatic hydroxyl groups is 2. The highest BCUT2D eigenvalue weighted by Crippen LogP contribution is 2.44. The van der Waals surface area contributed by atoms with E-state index in [1.165, 1.54) is 29.1 Å². The highest BCUT2D eigenvalue weighted by molar-refractivity contribution is 7.47. The van der Waals surface area contributed by atoms with Crippen LogP contribution in [0.15, 0.2) is 61.1 Å². The van der Waals surface area contributed by atoms with Crippen molar-refractivity contribution in [2.75, 3.05) is 6.61 Å². The molecular weight excluding hydrogens is 481 g/mol. The molecule has 1 aliphatic heterocycles. The average molecular weight is 506 g/mol. The summed E-state index contributed by atoms with van der Waals surface area (Å²) in [6.07, 6.45) is -0.585. The lowest BCUT2D eigenvalue weighted by molar-refractivity contribution is -0.765. The smallest absolute Gasteiger partial charge is 0.387 e. The first-order valence-corrected chi connectivity index (χ1v) is 12.1. The van der Waals surface area contributed by atoms with E-state index in [-0.39, 0.29) is 12.2 Å². The zero-order valence-corrected chi connectivity index (χ0v) is 19.3. The summed E-state index contributed by atoms with van der Waals surface area (Å²) in [4.78, 5) is 21.4. The maximum Gasteiger partial charge on any atom is 0.472 e. The van der Waals surface area contributed by atoms with Crippen LogP contribution in [-0.2, 0) is 31.5 Å². The normalized spacial score (nSPS) is 23.7. The number of phosphoric acid groups is 1. The molecule has 1 aliphatic rings. The molecule has 4 rings (SSSR count). The summed E-state index contributed by atoms with van der Waals surface area (Å²) in [6, 6.07) is 12.6. The van der Waals surface area contributed by atoms with Gasteiger partial charge in [-0.3, -0.25) is 13.8 Å². The Labute approximate surface area is 199 Å². The Morgan fingerprint density at radius 2 is 1.94 bits per heavy atom. The summed E-state index contributed by atoms with van der Waals surface area (Å²) < 4.78 is 30.8. The standard InChI is InChI=1S/C21H24N5O8P/c22-20(29)15-7-4-8-25(10-15)21-19(28)18(27)17(34-21)13-33-35(30,31)32-12-16-11-26(24-23-16)9-14-5-2-1-3-6-14/h1-8,10-11,17-19,21,27-28H,9,12-13H2,(H2-,22,29,30,31)/p+1/t17-,18-,19-,21-/m1/s1. The van der Waals surface area contributed by atoms with Crippen molar-refractivity contribution in [3.05, 3.63) is 77.9 Å². The second-order valence-electron chi connectivity index (χ2n) is 7.88.